The van der Waals surface area contributed by atoms with Crippen LogP contribution in [-0.2, 0) is 0 Å². The van der Waals surface area contributed by atoms with Crippen LogP contribution in [0.4, 0.5) is 0 Å². The predicted octanol–water partition coefficient (Wildman–Crippen LogP) is 2.84. The number of fused-ring (bicyclic) bond motifs is 1. The zero-order chi connectivity index (χ0) is 17.6. The van der Waals surface area contributed by atoms with Crippen molar-refractivity contribution in [2.75, 3.05) is 26.2 Å². The number of para-hydroxylation sites is 2. The van der Waals surface area contributed by atoms with Crippen LogP contribution in [0.25, 0.3) is 11.0 Å². The molecule has 5 heteroatoms. The van der Waals surface area contributed by atoms with Gasteiger partial charge in [0.25, 0.3) is 0 Å². The molecule has 1 aromatic carbocycles. The summed E-state index contributed by atoms with van der Waals surface area (Å²) in [5, 5.41) is 0. The molecule has 0 unspecified atom stereocenters. The monoisotopic (exact) mass is 342 g/mol. The number of hydrogen-bond acceptors (Lipinski definition) is 3. The van der Waals surface area contributed by atoms with E-state index in [1.165, 1.54) is 19.5 Å². The van der Waals surface area contributed by atoms with Crippen molar-refractivity contribution < 1.29 is 0 Å². The molecule has 0 aliphatic carbocycles. The van der Waals surface area contributed by atoms with Gasteiger partial charge in [-0.2, -0.15) is 0 Å². The van der Waals surface area contributed by atoms with Crippen LogP contribution in [-0.4, -0.2) is 57.1 Å². The minimum atomic E-state index is 0.0411. The van der Waals surface area contributed by atoms with E-state index in [-0.39, 0.29) is 11.2 Å². The Labute approximate surface area is 149 Å². The molecule has 3 heterocycles. The second-order valence-electron chi connectivity index (χ2n) is 8.64. The van der Waals surface area contributed by atoms with Crippen molar-refractivity contribution in [3.63, 3.8) is 0 Å². The maximum atomic E-state index is 12.4. The molecule has 1 N–H and O–H groups in total. The van der Waals surface area contributed by atoms with Crippen LogP contribution in [0.15, 0.2) is 29.1 Å². The Morgan fingerprint density at radius 1 is 1.00 bits per heavy atom. The largest absolute Gasteiger partial charge is 0.326 e. The van der Waals surface area contributed by atoms with E-state index in [0.717, 1.165) is 37.0 Å². The third-order valence-electron chi connectivity index (χ3n) is 6.12. The van der Waals surface area contributed by atoms with Gasteiger partial charge in [0.05, 0.1) is 11.0 Å². The van der Waals surface area contributed by atoms with Crippen molar-refractivity contribution >= 4 is 11.0 Å². The topological polar surface area (TPSA) is 44.3 Å². The van der Waals surface area contributed by atoms with Gasteiger partial charge < -0.3 is 4.98 Å². The molecule has 25 heavy (non-hydrogen) atoms. The van der Waals surface area contributed by atoms with Crippen LogP contribution < -0.4 is 5.69 Å². The van der Waals surface area contributed by atoms with Crippen molar-refractivity contribution in [1.82, 2.24) is 19.4 Å². The van der Waals surface area contributed by atoms with Crippen LogP contribution >= 0.6 is 0 Å². The van der Waals surface area contributed by atoms with Crippen LogP contribution in [0.1, 0.15) is 46.1 Å². The zero-order valence-electron chi connectivity index (χ0n) is 15.7. The molecule has 0 spiro atoms. The van der Waals surface area contributed by atoms with Crippen molar-refractivity contribution in [3.05, 3.63) is 34.7 Å². The molecule has 136 valence electrons. The maximum absolute atomic E-state index is 12.4. The van der Waals surface area contributed by atoms with Gasteiger partial charge in [-0.3, -0.25) is 14.4 Å². The number of rotatable bonds is 2. The summed E-state index contributed by atoms with van der Waals surface area (Å²) in [5.41, 5.74) is 2.31. The van der Waals surface area contributed by atoms with E-state index in [0.29, 0.717) is 12.1 Å². The number of hydrogen-bond donors (Lipinski definition) is 1. The van der Waals surface area contributed by atoms with Gasteiger partial charge in [0.1, 0.15) is 0 Å². The summed E-state index contributed by atoms with van der Waals surface area (Å²) in [5.74, 6) is 0. The lowest BCUT2D eigenvalue weighted by atomic mass is 10.0. The average molecular weight is 342 g/mol. The second-order valence-corrected chi connectivity index (χ2v) is 8.64. The molecule has 0 saturated carbocycles. The molecule has 2 aliphatic heterocycles. The number of imidazole rings is 1. The number of nitrogens with zero attached hydrogens (tertiary/aromatic N) is 3. The van der Waals surface area contributed by atoms with Crippen molar-refractivity contribution in [1.29, 1.82) is 0 Å². The van der Waals surface area contributed by atoms with Gasteiger partial charge in [0, 0.05) is 43.8 Å². The van der Waals surface area contributed by atoms with Crippen LogP contribution in [0.2, 0.25) is 0 Å². The first-order chi connectivity index (χ1) is 11.9. The van der Waals surface area contributed by atoms with E-state index in [2.05, 4.69) is 41.6 Å². The number of piperidine rings is 1. The SMILES string of the molecule is CC(C)(C)N1CC[C@H](N2CCC(n3c(=O)[nH]c4ccccc43)CC2)C1. The highest BCUT2D eigenvalue weighted by Gasteiger charge is 2.35. The van der Waals surface area contributed by atoms with E-state index >= 15 is 0 Å². The fourth-order valence-corrected chi connectivity index (χ4v) is 4.60. The van der Waals surface area contributed by atoms with Gasteiger partial charge in [-0.05, 0) is 52.2 Å². The molecule has 4 rings (SSSR count). The summed E-state index contributed by atoms with van der Waals surface area (Å²) in [6, 6.07) is 9.03. The van der Waals surface area contributed by atoms with Gasteiger partial charge in [0.2, 0.25) is 0 Å². The molecular weight excluding hydrogens is 312 g/mol. The van der Waals surface area contributed by atoms with Gasteiger partial charge in [-0.1, -0.05) is 12.1 Å². The smallest absolute Gasteiger partial charge is 0.306 e. The molecule has 0 amide bonds. The molecular formula is C20H30N4O. The van der Waals surface area contributed by atoms with Crippen LogP contribution in [0, 0.1) is 0 Å². The van der Waals surface area contributed by atoms with E-state index in [1.807, 2.05) is 22.8 Å². The first-order valence-electron chi connectivity index (χ1n) is 9.62. The Morgan fingerprint density at radius 3 is 2.36 bits per heavy atom. The van der Waals surface area contributed by atoms with Gasteiger partial charge in [0.15, 0.2) is 0 Å². The van der Waals surface area contributed by atoms with Crippen LogP contribution in [0.5, 0.6) is 0 Å². The summed E-state index contributed by atoms with van der Waals surface area (Å²) in [4.78, 5) is 20.7. The number of aromatic nitrogens is 2. The summed E-state index contributed by atoms with van der Waals surface area (Å²) >= 11 is 0. The quantitative estimate of drug-likeness (QED) is 0.913. The summed E-state index contributed by atoms with van der Waals surface area (Å²) in [7, 11) is 0. The van der Waals surface area contributed by atoms with Crippen LogP contribution in [0.3, 0.4) is 0 Å². The normalized spacial score (nSPS) is 24.4. The first kappa shape index (κ1) is 16.9. The molecule has 2 aromatic rings. The van der Waals surface area contributed by atoms with E-state index in [4.69, 9.17) is 0 Å². The number of aromatic amines is 1. The minimum Gasteiger partial charge on any atom is -0.306 e. The highest BCUT2D eigenvalue weighted by molar-refractivity contribution is 5.75. The van der Waals surface area contributed by atoms with Crippen molar-refractivity contribution in [2.24, 2.45) is 0 Å². The van der Waals surface area contributed by atoms with E-state index in [9.17, 15) is 4.79 Å². The highest BCUT2D eigenvalue weighted by Crippen LogP contribution is 2.29. The average Bonchev–Trinajstić information content (AvgIpc) is 3.18. The Bertz CT molecular complexity index is 792. The first-order valence-corrected chi connectivity index (χ1v) is 9.62. The lowest BCUT2D eigenvalue weighted by molar-refractivity contribution is 0.115. The Balaban J connectivity index is 1.44. The molecule has 2 aliphatic rings. The van der Waals surface area contributed by atoms with Crippen molar-refractivity contribution in [3.8, 4) is 0 Å². The molecule has 1 atom stereocenters. The zero-order valence-corrected chi connectivity index (χ0v) is 15.7. The Morgan fingerprint density at radius 2 is 1.68 bits per heavy atom. The maximum Gasteiger partial charge on any atom is 0.326 e. The van der Waals surface area contributed by atoms with Gasteiger partial charge in [-0.15, -0.1) is 0 Å². The van der Waals surface area contributed by atoms with Gasteiger partial charge >= 0.3 is 5.69 Å². The molecule has 2 saturated heterocycles. The van der Waals surface area contributed by atoms with Gasteiger partial charge in [-0.25, -0.2) is 4.79 Å². The fourth-order valence-electron chi connectivity index (χ4n) is 4.60. The summed E-state index contributed by atoms with van der Waals surface area (Å²) < 4.78 is 1.99. The summed E-state index contributed by atoms with van der Waals surface area (Å²) in [6.07, 6.45) is 3.40. The van der Waals surface area contributed by atoms with E-state index < -0.39 is 0 Å². The summed E-state index contributed by atoms with van der Waals surface area (Å²) in [6.45, 7) is 11.5. The highest BCUT2D eigenvalue weighted by atomic mass is 16.1. The lowest BCUT2D eigenvalue weighted by Gasteiger charge is -2.37. The molecule has 1 aromatic heterocycles. The lowest BCUT2D eigenvalue weighted by Crippen LogP contribution is -2.46. The number of likely N-dealkylation sites (tertiary alicyclic amines) is 2. The standard InChI is InChI=1S/C20H30N4O/c1-20(2,3)23-13-10-16(14-23)22-11-8-15(9-12-22)24-18-7-5-4-6-17(18)21-19(24)25/h4-7,15-16H,8-14H2,1-3H3,(H,21,25)/t16-/m0/s1. The Kier molecular flexibility index (Phi) is 4.24. The minimum absolute atomic E-state index is 0.0411. The van der Waals surface area contributed by atoms with E-state index in [1.54, 1.807) is 0 Å². The second kappa shape index (κ2) is 6.29. The molecule has 0 radical (unpaired) electrons. The number of nitrogens with one attached hydrogen (secondary N) is 1. The number of benzene rings is 1. The molecule has 2 fully saturated rings. The van der Waals surface area contributed by atoms with Crippen molar-refractivity contribution in [2.45, 2.75) is 57.7 Å². The Hall–Kier alpha value is -1.59. The molecule has 0 bridgehead atoms. The third-order valence-corrected chi connectivity index (χ3v) is 6.12. The predicted molar refractivity (Wildman–Crippen MR) is 102 cm³/mol. The number of H-pyrrole nitrogens is 1. The molecule has 5 nitrogen and oxygen atoms in total. The fraction of sp³-hybridized carbons (Fsp3) is 0.650. The third kappa shape index (κ3) is 3.15.